The van der Waals surface area contributed by atoms with Crippen molar-refractivity contribution in [3.05, 3.63) is 28.2 Å². The average molecular weight is 246 g/mol. The van der Waals surface area contributed by atoms with Crippen LogP contribution in [0.3, 0.4) is 0 Å². The molecule has 82 valence electrons. The van der Waals surface area contributed by atoms with Crippen molar-refractivity contribution in [3.63, 3.8) is 0 Å². The molecule has 1 atom stereocenters. The Morgan fingerprint density at radius 1 is 1.33 bits per heavy atom. The molecule has 1 aliphatic rings. The van der Waals surface area contributed by atoms with E-state index in [4.69, 9.17) is 27.9 Å². The van der Waals surface area contributed by atoms with E-state index < -0.39 is 0 Å². The second-order valence-electron chi connectivity index (χ2n) is 3.66. The summed E-state index contributed by atoms with van der Waals surface area (Å²) in [6.45, 7) is 1.70. The molecule has 0 radical (unpaired) electrons. The number of nitrogens with one attached hydrogen (secondary N) is 1. The van der Waals surface area contributed by atoms with Crippen LogP contribution in [-0.2, 0) is 0 Å². The highest BCUT2D eigenvalue weighted by molar-refractivity contribution is 6.37. The Balaban J connectivity index is 1.97. The molecule has 1 fully saturated rings. The molecule has 0 aliphatic carbocycles. The molecule has 2 rings (SSSR count). The summed E-state index contributed by atoms with van der Waals surface area (Å²) in [7, 11) is 0. The van der Waals surface area contributed by atoms with Crippen LogP contribution in [-0.4, -0.2) is 19.2 Å². The van der Waals surface area contributed by atoms with Gasteiger partial charge in [-0.05, 0) is 31.5 Å². The lowest BCUT2D eigenvalue weighted by atomic mass is 10.2. The van der Waals surface area contributed by atoms with Gasteiger partial charge in [0.05, 0.1) is 10.0 Å². The number of ether oxygens (including phenoxy) is 1. The van der Waals surface area contributed by atoms with Gasteiger partial charge in [-0.3, -0.25) is 0 Å². The Labute approximate surface area is 99.5 Å². The zero-order valence-corrected chi connectivity index (χ0v) is 9.81. The Hall–Kier alpha value is -0.440. The van der Waals surface area contributed by atoms with Crippen molar-refractivity contribution in [2.24, 2.45) is 0 Å². The summed E-state index contributed by atoms with van der Waals surface area (Å²) in [6.07, 6.45) is 2.37. The first-order valence-corrected chi connectivity index (χ1v) is 5.83. The molecule has 0 spiro atoms. The van der Waals surface area contributed by atoms with Crippen molar-refractivity contribution in [1.29, 1.82) is 0 Å². The van der Waals surface area contributed by atoms with Gasteiger partial charge in [0.1, 0.15) is 6.61 Å². The molecule has 1 aliphatic heterocycles. The topological polar surface area (TPSA) is 21.3 Å². The van der Waals surface area contributed by atoms with Crippen molar-refractivity contribution >= 4 is 23.2 Å². The van der Waals surface area contributed by atoms with Gasteiger partial charge >= 0.3 is 0 Å². The molecule has 1 aromatic carbocycles. The van der Waals surface area contributed by atoms with Gasteiger partial charge in [0.15, 0.2) is 5.75 Å². The van der Waals surface area contributed by atoms with Crippen LogP contribution >= 0.6 is 23.2 Å². The minimum Gasteiger partial charge on any atom is -0.489 e. The van der Waals surface area contributed by atoms with Crippen LogP contribution in [0.25, 0.3) is 0 Å². The average Bonchev–Trinajstić information content (AvgIpc) is 2.70. The smallest absolute Gasteiger partial charge is 0.156 e. The van der Waals surface area contributed by atoms with Gasteiger partial charge in [0.2, 0.25) is 0 Å². The number of hydrogen-bond donors (Lipinski definition) is 1. The van der Waals surface area contributed by atoms with Crippen molar-refractivity contribution in [1.82, 2.24) is 5.32 Å². The maximum atomic E-state index is 5.99. The highest BCUT2D eigenvalue weighted by atomic mass is 35.5. The Morgan fingerprint density at radius 2 is 2.07 bits per heavy atom. The fraction of sp³-hybridized carbons (Fsp3) is 0.455. The minimum absolute atomic E-state index is 0.428. The number of benzene rings is 1. The number of para-hydroxylation sites is 1. The van der Waals surface area contributed by atoms with E-state index in [0.29, 0.717) is 28.4 Å². The van der Waals surface area contributed by atoms with E-state index in [2.05, 4.69) is 5.32 Å². The highest BCUT2D eigenvalue weighted by Gasteiger charge is 2.16. The first kappa shape index (κ1) is 11.1. The summed E-state index contributed by atoms with van der Waals surface area (Å²) < 4.78 is 5.63. The van der Waals surface area contributed by atoms with Gasteiger partial charge in [0.25, 0.3) is 0 Å². The van der Waals surface area contributed by atoms with Gasteiger partial charge in [-0.15, -0.1) is 0 Å². The lowest BCUT2D eigenvalue weighted by Gasteiger charge is -2.13. The quantitative estimate of drug-likeness (QED) is 0.884. The van der Waals surface area contributed by atoms with Crippen molar-refractivity contribution in [3.8, 4) is 5.75 Å². The molecule has 1 heterocycles. The van der Waals surface area contributed by atoms with E-state index in [1.165, 1.54) is 6.42 Å². The predicted octanol–water partition coefficient (Wildman–Crippen LogP) is 3.12. The van der Waals surface area contributed by atoms with Crippen LogP contribution in [0, 0.1) is 0 Å². The number of hydrogen-bond acceptors (Lipinski definition) is 2. The summed E-state index contributed by atoms with van der Waals surface area (Å²) in [4.78, 5) is 0. The number of rotatable bonds is 3. The summed E-state index contributed by atoms with van der Waals surface area (Å²) in [5.41, 5.74) is 0. The molecule has 0 saturated carbocycles. The fourth-order valence-electron chi connectivity index (χ4n) is 1.70. The van der Waals surface area contributed by atoms with E-state index in [1.54, 1.807) is 12.1 Å². The Morgan fingerprint density at radius 3 is 2.67 bits per heavy atom. The molecule has 1 aromatic rings. The van der Waals surface area contributed by atoms with Crippen molar-refractivity contribution in [2.75, 3.05) is 13.2 Å². The second-order valence-corrected chi connectivity index (χ2v) is 4.47. The molecule has 2 nitrogen and oxygen atoms in total. The fourth-order valence-corrected chi connectivity index (χ4v) is 2.21. The lowest BCUT2D eigenvalue weighted by Crippen LogP contribution is -2.28. The van der Waals surface area contributed by atoms with E-state index in [1.807, 2.05) is 6.07 Å². The Kier molecular flexibility index (Phi) is 3.73. The van der Waals surface area contributed by atoms with Gasteiger partial charge in [-0.1, -0.05) is 29.3 Å². The SMILES string of the molecule is Clc1cccc(Cl)c1OC[C@@H]1CCCN1. The van der Waals surface area contributed by atoms with E-state index >= 15 is 0 Å². The van der Waals surface area contributed by atoms with Crippen LogP contribution in [0.5, 0.6) is 5.75 Å². The van der Waals surface area contributed by atoms with Gasteiger partial charge < -0.3 is 10.1 Å². The molecule has 1 saturated heterocycles. The standard InChI is InChI=1S/C11H13Cl2NO/c12-9-4-1-5-10(13)11(9)15-7-8-3-2-6-14-8/h1,4-5,8,14H,2-3,6-7H2/t8-/m0/s1. The summed E-state index contributed by atoms with van der Waals surface area (Å²) in [5.74, 6) is 0.592. The molecule has 0 aromatic heterocycles. The van der Waals surface area contributed by atoms with Crippen molar-refractivity contribution < 1.29 is 4.74 Å². The van der Waals surface area contributed by atoms with Gasteiger partial charge in [-0.25, -0.2) is 0 Å². The third kappa shape index (κ3) is 2.77. The normalized spacial score (nSPS) is 20.5. The van der Waals surface area contributed by atoms with E-state index in [-0.39, 0.29) is 0 Å². The summed E-state index contributed by atoms with van der Waals surface area (Å²) in [6, 6.07) is 5.80. The van der Waals surface area contributed by atoms with Crippen LogP contribution in [0.4, 0.5) is 0 Å². The molecule has 1 N–H and O–H groups in total. The molecular formula is C11H13Cl2NO. The molecular weight excluding hydrogens is 233 g/mol. The predicted molar refractivity (Wildman–Crippen MR) is 63.0 cm³/mol. The first-order valence-electron chi connectivity index (χ1n) is 5.07. The summed E-state index contributed by atoms with van der Waals surface area (Å²) >= 11 is 12.0. The maximum absolute atomic E-state index is 5.99. The second kappa shape index (κ2) is 5.06. The third-order valence-corrected chi connectivity index (χ3v) is 3.11. The minimum atomic E-state index is 0.428. The largest absolute Gasteiger partial charge is 0.489 e. The van der Waals surface area contributed by atoms with Crippen molar-refractivity contribution in [2.45, 2.75) is 18.9 Å². The van der Waals surface area contributed by atoms with E-state index in [9.17, 15) is 0 Å². The highest BCUT2D eigenvalue weighted by Crippen LogP contribution is 2.32. The van der Waals surface area contributed by atoms with Gasteiger partial charge in [0, 0.05) is 6.04 Å². The zero-order chi connectivity index (χ0) is 10.7. The van der Waals surface area contributed by atoms with Gasteiger partial charge in [-0.2, -0.15) is 0 Å². The molecule has 4 heteroatoms. The molecule has 0 amide bonds. The van der Waals surface area contributed by atoms with Crippen LogP contribution < -0.4 is 10.1 Å². The maximum Gasteiger partial charge on any atom is 0.156 e. The monoisotopic (exact) mass is 245 g/mol. The zero-order valence-electron chi connectivity index (χ0n) is 8.30. The van der Waals surface area contributed by atoms with Crippen LogP contribution in [0.1, 0.15) is 12.8 Å². The lowest BCUT2D eigenvalue weighted by molar-refractivity contribution is 0.277. The van der Waals surface area contributed by atoms with Crippen LogP contribution in [0.15, 0.2) is 18.2 Å². The third-order valence-electron chi connectivity index (χ3n) is 2.51. The van der Waals surface area contributed by atoms with Crippen LogP contribution in [0.2, 0.25) is 10.0 Å². The first-order chi connectivity index (χ1) is 7.27. The molecule has 0 bridgehead atoms. The molecule has 0 unspecified atom stereocenters. The van der Waals surface area contributed by atoms with E-state index in [0.717, 1.165) is 13.0 Å². The Bertz CT molecular complexity index is 317. The number of halogens is 2. The summed E-state index contributed by atoms with van der Waals surface area (Å²) in [5, 5.41) is 4.49. The molecule has 15 heavy (non-hydrogen) atoms.